The summed E-state index contributed by atoms with van der Waals surface area (Å²) >= 11 is 3.95. The Bertz CT molecular complexity index is 180. The Labute approximate surface area is 64.2 Å². The standard InChI is InChI=1S/C5H8N2O2S/c1-9-7-3-2-4(10)6-5(7)8/h2,10H,3H2,1H3,(H,6,8). The van der Waals surface area contributed by atoms with Gasteiger partial charge in [-0.1, -0.05) is 0 Å². The lowest BCUT2D eigenvalue weighted by Gasteiger charge is -2.22. The van der Waals surface area contributed by atoms with Gasteiger partial charge in [0.2, 0.25) is 0 Å². The molecule has 0 aliphatic carbocycles. The SMILES string of the molecule is CON1CC=C(S)NC1=O. The van der Waals surface area contributed by atoms with Gasteiger partial charge in [-0.05, 0) is 6.08 Å². The zero-order chi connectivity index (χ0) is 7.56. The summed E-state index contributed by atoms with van der Waals surface area (Å²) in [6, 6.07) is -0.282. The molecular formula is C5H8N2O2S. The van der Waals surface area contributed by atoms with E-state index in [9.17, 15) is 4.79 Å². The third-order valence-electron chi connectivity index (χ3n) is 1.13. The Hall–Kier alpha value is -0.680. The molecule has 0 bridgehead atoms. The monoisotopic (exact) mass is 160 g/mol. The highest BCUT2D eigenvalue weighted by Crippen LogP contribution is 2.04. The van der Waals surface area contributed by atoms with E-state index in [1.54, 1.807) is 6.08 Å². The van der Waals surface area contributed by atoms with Crippen molar-refractivity contribution in [2.24, 2.45) is 0 Å². The second kappa shape index (κ2) is 2.94. The van der Waals surface area contributed by atoms with Gasteiger partial charge in [-0.25, -0.2) is 4.79 Å². The number of hydrogen-bond donors (Lipinski definition) is 2. The van der Waals surface area contributed by atoms with Crippen LogP contribution in [0.1, 0.15) is 0 Å². The second-order valence-corrected chi connectivity index (χ2v) is 2.24. The topological polar surface area (TPSA) is 41.6 Å². The van der Waals surface area contributed by atoms with Crippen molar-refractivity contribution in [1.82, 2.24) is 10.4 Å². The quantitative estimate of drug-likeness (QED) is 0.543. The first kappa shape index (κ1) is 7.43. The van der Waals surface area contributed by atoms with Gasteiger partial charge in [-0.15, -0.1) is 12.6 Å². The van der Waals surface area contributed by atoms with Gasteiger partial charge in [0.25, 0.3) is 0 Å². The number of carbonyl (C=O) groups excluding carboxylic acids is 1. The molecule has 1 heterocycles. The number of nitrogens with zero attached hydrogens (tertiary/aromatic N) is 1. The summed E-state index contributed by atoms with van der Waals surface area (Å²) in [5.41, 5.74) is 0. The highest BCUT2D eigenvalue weighted by Gasteiger charge is 2.15. The van der Waals surface area contributed by atoms with Crippen LogP contribution in [0.3, 0.4) is 0 Å². The van der Waals surface area contributed by atoms with E-state index in [2.05, 4.69) is 17.9 Å². The summed E-state index contributed by atoms with van der Waals surface area (Å²) in [6.45, 7) is 0.446. The van der Waals surface area contributed by atoms with Crippen molar-refractivity contribution in [3.05, 3.63) is 11.1 Å². The molecule has 2 amide bonds. The van der Waals surface area contributed by atoms with Gasteiger partial charge in [0.1, 0.15) is 0 Å². The average Bonchev–Trinajstić information content (AvgIpc) is 1.88. The number of nitrogens with one attached hydrogen (secondary N) is 1. The fourth-order valence-electron chi connectivity index (χ4n) is 0.633. The van der Waals surface area contributed by atoms with Gasteiger partial charge in [0.15, 0.2) is 0 Å². The molecular weight excluding hydrogens is 152 g/mol. The molecule has 0 radical (unpaired) electrons. The third-order valence-corrected chi connectivity index (χ3v) is 1.43. The Balaban J connectivity index is 2.61. The lowest BCUT2D eigenvalue weighted by molar-refractivity contribution is -0.0786. The largest absolute Gasteiger partial charge is 0.346 e. The van der Waals surface area contributed by atoms with E-state index < -0.39 is 0 Å². The van der Waals surface area contributed by atoms with Crippen molar-refractivity contribution in [2.75, 3.05) is 13.7 Å². The van der Waals surface area contributed by atoms with Gasteiger partial charge >= 0.3 is 6.03 Å². The smallest absolute Gasteiger partial charge is 0.301 e. The molecule has 0 saturated carbocycles. The Morgan fingerprint density at radius 3 is 3.10 bits per heavy atom. The minimum atomic E-state index is -0.282. The van der Waals surface area contributed by atoms with Crippen molar-refractivity contribution in [3.63, 3.8) is 0 Å². The molecule has 0 aromatic carbocycles. The zero-order valence-corrected chi connectivity index (χ0v) is 6.39. The van der Waals surface area contributed by atoms with E-state index in [0.717, 1.165) is 0 Å². The normalized spacial score (nSPS) is 18.4. The highest BCUT2D eigenvalue weighted by atomic mass is 32.1. The summed E-state index contributed by atoms with van der Waals surface area (Å²) in [7, 11) is 1.44. The van der Waals surface area contributed by atoms with E-state index in [1.807, 2.05) is 0 Å². The van der Waals surface area contributed by atoms with Crippen LogP contribution >= 0.6 is 12.6 Å². The van der Waals surface area contributed by atoms with Crippen LogP contribution in [0.5, 0.6) is 0 Å². The molecule has 5 heteroatoms. The van der Waals surface area contributed by atoms with Crippen LogP contribution in [0.4, 0.5) is 4.79 Å². The van der Waals surface area contributed by atoms with Crippen molar-refractivity contribution in [1.29, 1.82) is 0 Å². The maximum atomic E-state index is 10.8. The number of carbonyl (C=O) groups is 1. The zero-order valence-electron chi connectivity index (χ0n) is 5.50. The molecule has 0 fully saturated rings. The first-order chi connectivity index (χ1) is 4.74. The van der Waals surface area contributed by atoms with Crippen LogP contribution in [0.25, 0.3) is 0 Å². The van der Waals surface area contributed by atoms with Crippen LogP contribution < -0.4 is 5.32 Å². The first-order valence-electron chi connectivity index (χ1n) is 2.76. The fourth-order valence-corrected chi connectivity index (χ4v) is 0.810. The lowest BCUT2D eigenvalue weighted by atomic mass is 10.5. The average molecular weight is 160 g/mol. The van der Waals surface area contributed by atoms with Crippen molar-refractivity contribution in [2.45, 2.75) is 0 Å². The van der Waals surface area contributed by atoms with Crippen LogP contribution in [0.15, 0.2) is 11.1 Å². The van der Waals surface area contributed by atoms with E-state index >= 15 is 0 Å². The molecule has 1 aliphatic heterocycles. The minimum absolute atomic E-state index is 0.282. The Kier molecular flexibility index (Phi) is 2.18. The number of amides is 2. The van der Waals surface area contributed by atoms with Gasteiger partial charge in [0.05, 0.1) is 18.7 Å². The van der Waals surface area contributed by atoms with Crippen molar-refractivity contribution in [3.8, 4) is 0 Å². The van der Waals surface area contributed by atoms with Gasteiger partial charge in [-0.2, -0.15) is 5.06 Å². The molecule has 10 heavy (non-hydrogen) atoms. The highest BCUT2D eigenvalue weighted by molar-refractivity contribution is 7.84. The molecule has 0 aromatic rings. The Morgan fingerprint density at radius 1 is 1.90 bits per heavy atom. The van der Waals surface area contributed by atoms with E-state index in [-0.39, 0.29) is 6.03 Å². The van der Waals surface area contributed by atoms with E-state index in [4.69, 9.17) is 4.84 Å². The number of hydrogen-bond acceptors (Lipinski definition) is 3. The Morgan fingerprint density at radius 2 is 2.60 bits per heavy atom. The van der Waals surface area contributed by atoms with Crippen LogP contribution in [-0.4, -0.2) is 24.7 Å². The van der Waals surface area contributed by atoms with Crippen LogP contribution in [-0.2, 0) is 4.84 Å². The van der Waals surface area contributed by atoms with Gasteiger partial charge in [-0.3, -0.25) is 4.84 Å². The predicted molar refractivity (Wildman–Crippen MR) is 39.3 cm³/mol. The van der Waals surface area contributed by atoms with Gasteiger partial charge in [0, 0.05) is 0 Å². The number of urea groups is 1. The molecule has 0 spiro atoms. The van der Waals surface area contributed by atoms with E-state index in [1.165, 1.54) is 12.2 Å². The molecule has 1 N–H and O–H groups in total. The van der Waals surface area contributed by atoms with E-state index in [0.29, 0.717) is 11.6 Å². The molecule has 0 atom stereocenters. The first-order valence-corrected chi connectivity index (χ1v) is 3.20. The minimum Gasteiger partial charge on any atom is -0.301 e. The summed E-state index contributed by atoms with van der Waals surface area (Å²) in [5, 5.41) is 4.23. The number of rotatable bonds is 1. The van der Waals surface area contributed by atoms with Gasteiger partial charge < -0.3 is 5.32 Å². The molecule has 1 aliphatic rings. The molecule has 0 saturated heterocycles. The summed E-state index contributed by atoms with van der Waals surface area (Å²) in [5.74, 6) is 0. The molecule has 4 nitrogen and oxygen atoms in total. The van der Waals surface area contributed by atoms with Crippen molar-refractivity contribution >= 4 is 18.7 Å². The summed E-state index contributed by atoms with van der Waals surface area (Å²) < 4.78 is 0. The van der Waals surface area contributed by atoms with Crippen molar-refractivity contribution < 1.29 is 9.63 Å². The maximum Gasteiger partial charge on any atom is 0.346 e. The molecule has 56 valence electrons. The maximum absolute atomic E-state index is 10.8. The second-order valence-electron chi connectivity index (χ2n) is 1.76. The number of thiol groups is 1. The number of hydroxylamine groups is 2. The molecule has 0 unspecified atom stereocenters. The summed E-state index contributed by atoms with van der Waals surface area (Å²) in [4.78, 5) is 15.5. The van der Waals surface area contributed by atoms with Crippen LogP contribution in [0, 0.1) is 0 Å². The molecule has 0 aromatic heterocycles. The third kappa shape index (κ3) is 1.43. The van der Waals surface area contributed by atoms with Crippen LogP contribution in [0.2, 0.25) is 0 Å². The summed E-state index contributed by atoms with van der Waals surface area (Å²) in [6.07, 6.45) is 1.74. The molecule has 1 rings (SSSR count). The predicted octanol–water partition coefficient (Wildman–Crippen LogP) is 0.344. The fraction of sp³-hybridized carbons (Fsp3) is 0.400. The lowest BCUT2D eigenvalue weighted by Crippen LogP contribution is -2.41.